The number of hydrogen-bond acceptors (Lipinski definition) is 6. The van der Waals surface area contributed by atoms with Gasteiger partial charge in [-0.15, -0.1) is 4.72 Å². The van der Waals surface area contributed by atoms with Gasteiger partial charge in [-0.2, -0.15) is 5.10 Å². The smallest absolute Gasteiger partial charge is 0.410 e. The molecule has 8 nitrogen and oxygen atoms in total. The summed E-state index contributed by atoms with van der Waals surface area (Å²) in [5.74, 6) is 0. The van der Waals surface area contributed by atoms with Crippen molar-refractivity contribution in [3.8, 4) is 0 Å². The van der Waals surface area contributed by atoms with Crippen molar-refractivity contribution in [3.05, 3.63) is 41.7 Å². The first-order valence-corrected chi connectivity index (χ1v) is 13.5. The number of anilines is 2. The van der Waals surface area contributed by atoms with E-state index in [1.165, 1.54) is 11.1 Å². The fourth-order valence-corrected chi connectivity index (χ4v) is 5.91. The summed E-state index contributed by atoms with van der Waals surface area (Å²) in [7, 11) is 1.89. The predicted octanol–water partition coefficient (Wildman–Crippen LogP) is 4.83. The van der Waals surface area contributed by atoms with Crippen molar-refractivity contribution in [2.75, 3.05) is 18.4 Å². The second-order valence-corrected chi connectivity index (χ2v) is 13.9. The SMILES string of the molecule is Cn1cc(Nc2ccc3c(c2)[C@@H](N[S@+]([O-])C(C)(C)C)C2(CCN(C(=O)OC(C)(C)C)CC2)C3)cn1. The second-order valence-electron chi connectivity index (χ2n) is 11.9. The summed E-state index contributed by atoms with van der Waals surface area (Å²) < 4.78 is 23.7. The van der Waals surface area contributed by atoms with Gasteiger partial charge in [0.25, 0.3) is 0 Å². The van der Waals surface area contributed by atoms with E-state index in [1.807, 2.05) is 59.7 Å². The molecular formula is C26H39N5O3S. The Bertz CT molecular complexity index is 1060. The third kappa shape index (κ3) is 5.78. The zero-order valence-corrected chi connectivity index (χ0v) is 22.8. The predicted molar refractivity (Wildman–Crippen MR) is 140 cm³/mol. The van der Waals surface area contributed by atoms with Crippen LogP contribution in [0.25, 0.3) is 0 Å². The molecule has 2 aromatic rings. The number of aryl methyl sites for hydroxylation is 1. The van der Waals surface area contributed by atoms with Gasteiger partial charge in [-0.05, 0) is 84.1 Å². The number of ether oxygens (including phenoxy) is 1. The third-order valence-electron chi connectivity index (χ3n) is 6.80. The number of likely N-dealkylation sites (tertiary alicyclic amines) is 1. The van der Waals surface area contributed by atoms with Crippen LogP contribution in [0.5, 0.6) is 0 Å². The van der Waals surface area contributed by atoms with Gasteiger partial charge >= 0.3 is 6.09 Å². The fourth-order valence-electron chi connectivity index (χ4n) is 4.96. The van der Waals surface area contributed by atoms with E-state index in [4.69, 9.17) is 4.74 Å². The maximum absolute atomic E-state index is 13.3. The summed E-state index contributed by atoms with van der Waals surface area (Å²) >= 11 is -1.22. The van der Waals surface area contributed by atoms with Crippen molar-refractivity contribution in [3.63, 3.8) is 0 Å². The summed E-state index contributed by atoms with van der Waals surface area (Å²) in [6.45, 7) is 12.9. The Morgan fingerprint density at radius 1 is 1.17 bits per heavy atom. The zero-order chi connectivity index (χ0) is 25.6. The molecule has 1 aromatic heterocycles. The summed E-state index contributed by atoms with van der Waals surface area (Å²) in [5.41, 5.74) is 3.75. The zero-order valence-electron chi connectivity index (χ0n) is 22.0. The summed E-state index contributed by atoms with van der Waals surface area (Å²) in [4.78, 5) is 14.5. The quantitative estimate of drug-likeness (QED) is 0.583. The van der Waals surface area contributed by atoms with E-state index in [0.29, 0.717) is 13.1 Å². The van der Waals surface area contributed by atoms with Crippen molar-refractivity contribution in [2.45, 2.75) is 77.2 Å². The molecule has 1 aliphatic heterocycles. The highest BCUT2D eigenvalue weighted by Crippen LogP contribution is 2.53. The number of nitrogens with zero attached hydrogens (tertiary/aromatic N) is 3. The summed E-state index contributed by atoms with van der Waals surface area (Å²) in [6, 6.07) is 6.39. The van der Waals surface area contributed by atoms with Crippen LogP contribution in [0.1, 0.15) is 71.6 Å². The number of fused-ring (bicyclic) bond motifs is 1. The van der Waals surface area contributed by atoms with Crippen LogP contribution in [-0.2, 0) is 29.6 Å². The average Bonchev–Trinajstić information content (AvgIpc) is 3.27. The molecule has 2 aliphatic rings. The third-order valence-corrected chi connectivity index (χ3v) is 8.36. The molecule has 1 aromatic carbocycles. The molecule has 0 unspecified atom stereocenters. The van der Waals surface area contributed by atoms with Crippen molar-refractivity contribution < 1.29 is 14.1 Å². The molecule has 1 fully saturated rings. The molecule has 2 heterocycles. The monoisotopic (exact) mass is 501 g/mol. The number of hydrogen-bond donors (Lipinski definition) is 2. The molecule has 35 heavy (non-hydrogen) atoms. The molecule has 1 amide bonds. The van der Waals surface area contributed by atoms with Gasteiger partial charge in [0.2, 0.25) is 0 Å². The van der Waals surface area contributed by atoms with E-state index in [1.54, 1.807) is 10.9 Å². The molecule has 0 bridgehead atoms. The number of carbonyl (C=O) groups excluding carboxylic acids is 1. The molecule has 0 radical (unpaired) electrons. The normalized spacial score (nSPS) is 20.6. The van der Waals surface area contributed by atoms with E-state index in [2.05, 4.69) is 33.3 Å². The number of nitrogens with one attached hydrogen (secondary N) is 2. The van der Waals surface area contributed by atoms with Crippen LogP contribution in [0.2, 0.25) is 0 Å². The fraction of sp³-hybridized carbons (Fsp3) is 0.615. The van der Waals surface area contributed by atoms with Crippen LogP contribution in [0.15, 0.2) is 30.6 Å². The Kier molecular flexibility index (Phi) is 6.89. The molecule has 9 heteroatoms. The second kappa shape index (κ2) is 9.33. The van der Waals surface area contributed by atoms with Gasteiger partial charge in [-0.3, -0.25) is 4.68 Å². The number of aromatic nitrogens is 2. The van der Waals surface area contributed by atoms with Crippen molar-refractivity contribution in [1.29, 1.82) is 0 Å². The maximum atomic E-state index is 13.3. The van der Waals surface area contributed by atoms with Crippen molar-refractivity contribution in [2.24, 2.45) is 12.5 Å². The van der Waals surface area contributed by atoms with Gasteiger partial charge < -0.3 is 19.5 Å². The van der Waals surface area contributed by atoms with E-state index < -0.39 is 17.0 Å². The molecule has 0 saturated carbocycles. The number of rotatable bonds is 4. The molecule has 2 N–H and O–H groups in total. The Morgan fingerprint density at radius 3 is 2.43 bits per heavy atom. The molecular weight excluding hydrogens is 462 g/mol. The van der Waals surface area contributed by atoms with Gasteiger partial charge in [0.05, 0.1) is 17.9 Å². The van der Waals surface area contributed by atoms with Crippen LogP contribution < -0.4 is 10.0 Å². The lowest BCUT2D eigenvalue weighted by molar-refractivity contribution is 0.00716. The van der Waals surface area contributed by atoms with Gasteiger partial charge in [-0.25, -0.2) is 4.79 Å². The summed E-state index contributed by atoms with van der Waals surface area (Å²) in [6.07, 6.45) is 6.03. The van der Waals surface area contributed by atoms with Crippen LogP contribution in [0.3, 0.4) is 0 Å². The highest BCUT2D eigenvalue weighted by molar-refractivity contribution is 7.90. The van der Waals surface area contributed by atoms with Gasteiger partial charge in [0.1, 0.15) is 10.3 Å². The number of benzene rings is 1. The first-order chi connectivity index (χ1) is 16.3. The van der Waals surface area contributed by atoms with Gasteiger partial charge in [0, 0.05) is 48.8 Å². The highest BCUT2D eigenvalue weighted by Gasteiger charge is 2.51. The molecule has 2 atom stereocenters. The van der Waals surface area contributed by atoms with E-state index in [0.717, 1.165) is 30.6 Å². The van der Waals surface area contributed by atoms with E-state index in [-0.39, 0.29) is 22.3 Å². The lowest BCUT2D eigenvalue weighted by Gasteiger charge is -2.43. The van der Waals surface area contributed by atoms with Crippen LogP contribution in [-0.4, -0.2) is 48.8 Å². The Labute approximate surface area is 212 Å². The number of piperidine rings is 1. The maximum Gasteiger partial charge on any atom is 0.410 e. The van der Waals surface area contributed by atoms with Crippen molar-refractivity contribution >= 4 is 28.8 Å². The minimum Gasteiger partial charge on any atom is -0.598 e. The van der Waals surface area contributed by atoms with Crippen LogP contribution in [0.4, 0.5) is 16.2 Å². The van der Waals surface area contributed by atoms with Crippen molar-refractivity contribution in [1.82, 2.24) is 19.4 Å². The Morgan fingerprint density at radius 2 is 1.86 bits per heavy atom. The minimum absolute atomic E-state index is 0.0611. The highest BCUT2D eigenvalue weighted by atomic mass is 32.2. The number of carbonyl (C=O) groups is 1. The van der Waals surface area contributed by atoms with Crippen LogP contribution in [0, 0.1) is 5.41 Å². The minimum atomic E-state index is -1.22. The Balaban J connectivity index is 1.58. The molecule has 1 spiro atoms. The first-order valence-electron chi connectivity index (χ1n) is 12.3. The topological polar surface area (TPSA) is 94.5 Å². The average molecular weight is 502 g/mol. The molecule has 4 rings (SSSR count). The molecule has 192 valence electrons. The molecule has 1 aliphatic carbocycles. The standard InChI is InChI=1S/C26H39N5O3S/c1-24(2,3)34-23(32)31-12-10-26(11-13-31)15-18-8-9-19(28-20-16-27-30(7)17-20)14-21(18)22(26)29-35(33)25(4,5)6/h8-9,14,16-17,22,28-29H,10-13,15H2,1-7H3/t22-,35-/m1/s1. The van der Waals surface area contributed by atoms with E-state index in [9.17, 15) is 9.35 Å². The lowest BCUT2D eigenvalue weighted by Crippen LogP contribution is -2.51. The lowest BCUT2D eigenvalue weighted by atomic mass is 9.73. The molecule has 1 saturated heterocycles. The largest absolute Gasteiger partial charge is 0.598 e. The van der Waals surface area contributed by atoms with Crippen LogP contribution >= 0.6 is 0 Å². The van der Waals surface area contributed by atoms with Gasteiger partial charge in [0.15, 0.2) is 0 Å². The Hall–Kier alpha value is -2.23. The summed E-state index contributed by atoms with van der Waals surface area (Å²) in [5, 5.41) is 7.67. The first kappa shape index (κ1) is 25.9. The van der Waals surface area contributed by atoms with Gasteiger partial charge in [-0.1, -0.05) is 6.07 Å². The van der Waals surface area contributed by atoms with E-state index >= 15 is 0 Å². The number of amides is 1.